The standard InChI is InChI=1S/C11H14N2O2/c14-8-12-11-7-10(13-15-11)6-9-4-2-1-3-5-9/h7,9H,1-6H2. The molecule has 1 fully saturated rings. The fraction of sp³-hybridized carbons (Fsp3) is 0.636. The molecule has 0 aliphatic heterocycles. The Kier molecular flexibility index (Phi) is 3.30. The van der Waals surface area contributed by atoms with Gasteiger partial charge in [0.2, 0.25) is 6.08 Å². The minimum absolute atomic E-state index is 0.260. The van der Waals surface area contributed by atoms with Crippen LogP contribution in [0.15, 0.2) is 15.6 Å². The number of nitrogens with zero attached hydrogens (tertiary/aromatic N) is 2. The summed E-state index contributed by atoms with van der Waals surface area (Å²) >= 11 is 0. The predicted molar refractivity (Wildman–Crippen MR) is 54.6 cm³/mol. The Bertz CT molecular complexity index is 360. The summed E-state index contributed by atoms with van der Waals surface area (Å²) in [5.41, 5.74) is 0.899. The van der Waals surface area contributed by atoms with Gasteiger partial charge in [-0.05, 0) is 12.3 Å². The zero-order valence-electron chi connectivity index (χ0n) is 8.61. The summed E-state index contributed by atoms with van der Waals surface area (Å²) < 4.78 is 4.87. The first-order valence-electron chi connectivity index (χ1n) is 5.42. The number of hydrogen-bond acceptors (Lipinski definition) is 4. The third-order valence-corrected chi connectivity index (χ3v) is 2.92. The number of hydrogen-bond donors (Lipinski definition) is 0. The first-order valence-corrected chi connectivity index (χ1v) is 5.42. The molecule has 0 aromatic carbocycles. The SMILES string of the molecule is O=C=Nc1cc(CC2CCCCC2)no1. The highest BCUT2D eigenvalue weighted by Gasteiger charge is 2.15. The highest BCUT2D eigenvalue weighted by atomic mass is 16.5. The molecule has 0 saturated heterocycles. The Hall–Kier alpha value is -1.41. The lowest BCUT2D eigenvalue weighted by Crippen LogP contribution is -2.09. The van der Waals surface area contributed by atoms with Crippen molar-refractivity contribution in [3.63, 3.8) is 0 Å². The lowest BCUT2D eigenvalue weighted by atomic mass is 9.86. The summed E-state index contributed by atoms with van der Waals surface area (Å²) in [6.45, 7) is 0. The summed E-state index contributed by atoms with van der Waals surface area (Å²) in [4.78, 5) is 13.4. The lowest BCUT2D eigenvalue weighted by molar-refractivity contribution is 0.344. The summed E-state index contributed by atoms with van der Waals surface area (Å²) in [5.74, 6) is 0.979. The third kappa shape index (κ3) is 2.77. The lowest BCUT2D eigenvalue weighted by Gasteiger charge is -2.19. The van der Waals surface area contributed by atoms with E-state index in [1.54, 1.807) is 6.07 Å². The average Bonchev–Trinajstić information content (AvgIpc) is 2.68. The second-order valence-electron chi connectivity index (χ2n) is 4.07. The van der Waals surface area contributed by atoms with E-state index in [1.807, 2.05) is 0 Å². The molecule has 0 unspecified atom stereocenters. The maximum atomic E-state index is 9.99. The van der Waals surface area contributed by atoms with Gasteiger partial charge in [0.15, 0.2) is 0 Å². The second kappa shape index (κ2) is 4.89. The van der Waals surface area contributed by atoms with E-state index in [-0.39, 0.29) is 5.88 Å². The fourth-order valence-corrected chi connectivity index (χ4v) is 2.18. The first-order chi connectivity index (χ1) is 7.38. The fourth-order valence-electron chi connectivity index (χ4n) is 2.18. The smallest absolute Gasteiger partial charge is 0.261 e. The molecule has 80 valence electrons. The minimum atomic E-state index is 0.260. The van der Waals surface area contributed by atoms with Gasteiger partial charge in [-0.15, -0.1) is 4.99 Å². The quantitative estimate of drug-likeness (QED) is 0.564. The first kappa shape index (κ1) is 10.1. The van der Waals surface area contributed by atoms with Crippen LogP contribution in [0.25, 0.3) is 0 Å². The van der Waals surface area contributed by atoms with Crippen molar-refractivity contribution in [1.29, 1.82) is 0 Å². The van der Waals surface area contributed by atoms with Crippen LogP contribution in [-0.2, 0) is 11.2 Å². The van der Waals surface area contributed by atoms with E-state index in [0.29, 0.717) is 0 Å². The number of aliphatic imine (C=N–C) groups is 1. The molecule has 1 heterocycles. The Balaban J connectivity index is 1.94. The van der Waals surface area contributed by atoms with Gasteiger partial charge in [0.1, 0.15) is 0 Å². The summed E-state index contributed by atoms with van der Waals surface area (Å²) in [6.07, 6.45) is 8.94. The maximum Gasteiger partial charge on any atom is 0.261 e. The molecule has 0 bridgehead atoms. The van der Waals surface area contributed by atoms with Crippen molar-refractivity contribution in [3.8, 4) is 0 Å². The minimum Gasteiger partial charge on any atom is -0.335 e. The van der Waals surface area contributed by atoms with Crippen molar-refractivity contribution in [2.24, 2.45) is 10.9 Å². The molecule has 1 aromatic rings. The van der Waals surface area contributed by atoms with E-state index < -0.39 is 0 Å². The van der Waals surface area contributed by atoms with Crippen molar-refractivity contribution in [1.82, 2.24) is 5.16 Å². The van der Waals surface area contributed by atoms with Gasteiger partial charge in [0, 0.05) is 6.07 Å². The maximum absolute atomic E-state index is 9.99. The Morgan fingerprint density at radius 2 is 2.27 bits per heavy atom. The molecule has 4 nitrogen and oxygen atoms in total. The summed E-state index contributed by atoms with van der Waals surface area (Å²) in [5, 5.41) is 3.88. The topological polar surface area (TPSA) is 55.5 Å². The largest absolute Gasteiger partial charge is 0.335 e. The van der Waals surface area contributed by atoms with Crippen molar-refractivity contribution in [2.45, 2.75) is 38.5 Å². The van der Waals surface area contributed by atoms with E-state index in [2.05, 4.69) is 10.1 Å². The monoisotopic (exact) mass is 206 g/mol. The molecule has 1 aromatic heterocycles. The molecule has 0 spiro atoms. The van der Waals surface area contributed by atoms with Crippen molar-refractivity contribution in [2.75, 3.05) is 0 Å². The van der Waals surface area contributed by atoms with Gasteiger partial charge >= 0.3 is 0 Å². The van der Waals surface area contributed by atoms with Gasteiger partial charge in [0.05, 0.1) is 5.69 Å². The van der Waals surface area contributed by atoms with E-state index in [9.17, 15) is 4.79 Å². The highest BCUT2D eigenvalue weighted by molar-refractivity contribution is 5.42. The number of rotatable bonds is 3. The molecule has 15 heavy (non-hydrogen) atoms. The van der Waals surface area contributed by atoms with Crippen molar-refractivity contribution in [3.05, 3.63) is 11.8 Å². The predicted octanol–water partition coefficient (Wildman–Crippen LogP) is 2.76. The molecule has 1 aliphatic rings. The molecular weight excluding hydrogens is 192 g/mol. The average molecular weight is 206 g/mol. The van der Waals surface area contributed by atoms with Gasteiger partial charge in [0.25, 0.3) is 5.88 Å². The molecular formula is C11H14N2O2. The molecule has 0 amide bonds. The van der Waals surface area contributed by atoms with Crippen LogP contribution in [0.1, 0.15) is 37.8 Å². The van der Waals surface area contributed by atoms with Crippen LogP contribution in [0.3, 0.4) is 0 Å². The zero-order chi connectivity index (χ0) is 10.5. The highest BCUT2D eigenvalue weighted by Crippen LogP contribution is 2.27. The van der Waals surface area contributed by atoms with E-state index in [4.69, 9.17) is 4.52 Å². The van der Waals surface area contributed by atoms with Crippen molar-refractivity contribution < 1.29 is 9.32 Å². The Labute approximate surface area is 88.4 Å². The second-order valence-corrected chi connectivity index (χ2v) is 4.07. The normalized spacial score (nSPS) is 17.3. The van der Waals surface area contributed by atoms with Crippen LogP contribution >= 0.6 is 0 Å². The Morgan fingerprint density at radius 1 is 1.47 bits per heavy atom. The van der Waals surface area contributed by atoms with Crippen molar-refractivity contribution >= 4 is 12.0 Å². The van der Waals surface area contributed by atoms with Crippen LogP contribution < -0.4 is 0 Å². The summed E-state index contributed by atoms with van der Waals surface area (Å²) in [6, 6.07) is 1.72. The zero-order valence-corrected chi connectivity index (χ0v) is 8.61. The molecule has 1 aliphatic carbocycles. The third-order valence-electron chi connectivity index (χ3n) is 2.92. The molecule has 0 radical (unpaired) electrons. The van der Waals surface area contributed by atoms with Crippen LogP contribution in [0.2, 0.25) is 0 Å². The van der Waals surface area contributed by atoms with Gasteiger partial charge < -0.3 is 4.52 Å². The number of carbonyl (C=O) groups excluding carboxylic acids is 1. The van der Waals surface area contributed by atoms with Gasteiger partial charge in [-0.3, -0.25) is 0 Å². The Morgan fingerprint density at radius 3 is 3.00 bits per heavy atom. The van der Waals surface area contributed by atoms with Gasteiger partial charge in [-0.1, -0.05) is 37.3 Å². The summed E-state index contributed by atoms with van der Waals surface area (Å²) in [7, 11) is 0. The van der Waals surface area contributed by atoms with Gasteiger partial charge in [-0.25, -0.2) is 4.79 Å². The van der Waals surface area contributed by atoms with Crippen LogP contribution in [-0.4, -0.2) is 11.2 Å². The van der Waals surface area contributed by atoms with Crippen LogP contribution in [0, 0.1) is 5.92 Å². The number of isocyanates is 1. The van der Waals surface area contributed by atoms with Gasteiger partial charge in [-0.2, -0.15) is 0 Å². The molecule has 2 rings (SSSR count). The van der Waals surface area contributed by atoms with Crippen LogP contribution in [0.4, 0.5) is 5.88 Å². The molecule has 0 atom stereocenters. The van der Waals surface area contributed by atoms with Crippen LogP contribution in [0.5, 0.6) is 0 Å². The van der Waals surface area contributed by atoms with E-state index in [1.165, 1.54) is 38.2 Å². The molecule has 0 N–H and O–H groups in total. The molecule has 4 heteroatoms. The van der Waals surface area contributed by atoms with E-state index in [0.717, 1.165) is 18.0 Å². The number of aromatic nitrogens is 1. The molecule has 1 saturated carbocycles. The van der Waals surface area contributed by atoms with E-state index >= 15 is 0 Å².